The highest BCUT2D eigenvalue weighted by Crippen LogP contribution is 2.37. The second-order valence-corrected chi connectivity index (χ2v) is 11.5. The first-order valence-electron chi connectivity index (χ1n) is 15.7. The van der Waals surface area contributed by atoms with E-state index < -0.39 is 0 Å². The summed E-state index contributed by atoms with van der Waals surface area (Å²) in [6.07, 6.45) is 10.6. The molecule has 1 aromatic heterocycles. The van der Waals surface area contributed by atoms with E-state index in [1.54, 1.807) is 0 Å². The minimum absolute atomic E-state index is 0.602. The lowest BCUT2D eigenvalue weighted by molar-refractivity contribution is 1.14. The van der Waals surface area contributed by atoms with Gasteiger partial charge < -0.3 is 5.32 Å². The topological polar surface area (TPSA) is 61.6 Å². The van der Waals surface area contributed by atoms with Crippen LogP contribution in [0.2, 0.25) is 0 Å². The Balaban J connectivity index is 1.37. The molecule has 1 N–H and O–H groups in total. The van der Waals surface area contributed by atoms with Gasteiger partial charge in [-0.1, -0.05) is 115 Å². The van der Waals surface area contributed by atoms with Crippen LogP contribution in [0.3, 0.4) is 0 Å². The predicted molar refractivity (Wildman–Crippen MR) is 194 cm³/mol. The molecule has 7 rings (SSSR count). The molecule has 5 aromatic carbocycles. The minimum atomic E-state index is 0.602. The van der Waals surface area contributed by atoms with E-state index in [4.69, 9.17) is 9.97 Å². The number of nitriles is 1. The van der Waals surface area contributed by atoms with E-state index in [0.717, 1.165) is 61.6 Å². The van der Waals surface area contributed by atoms with E-state index >= 15 is 0 Å². The van der Waals surface area contributed by atoms with Crippen molar-refractivity contribution in [2.75, 3.05) is 5.32 Å². The molecule has 0 amide bonds. The summed E-state index contributed by atoms with van der Waals surface area (Å²) >= 11 is 0. The van der Waals surface area contributed by atoms with Crippen molar-refractivity contribution in [2.45, 2.75) is 13.8 Å². The van der Waals surface area contributed by atoms with Gasteiger partial charge in [-0.25, -0.2) is 9.97 Å². The fraction of sp³-hybridized carbons (Fsp3) is 0.0465. The summed E-state index contributed by atoms with van der Waals surface area (Å²) in [4.78, 5) is 10.2. The molecule has 6 aromatic rings. The van der Waals surface area contributed by atoms with Gasteiger partial charge in [0.25, 0.3) is 0 Å². The van der Waals surface area contributed by atoms with Crippen molar-refractivity contribution in [1.82, 2.24) is 9.97 Å². The highest BCUT2D eigenvalue weighted by atomic mass is 14.9. The minimum Gasteiger partial charge on any atom is -0.361 e. The zero-order valence-electron chi connectivity index (χ0n) is 26.3. The van der Waals surface area contributed by atoms with Crippen LogP contribution in [-0.4, -0.2) is 9.97 Å². The van der Waals surface area contributed by atoms with Crippen LogP contribution in [0.4, 0.5) is 5.69 Å². The Morgan fingerprint density at radius 1 is 0.553 bits per heavy atom. The van der Waals surface area contributed by atoms with Crippen molar-refractivity contribution in [3.63, 3.8) is 0 Å². The molecule has 0 aliphatic carbocycles. The number of para-hydroxylation sites is 1. The Labute approximate surface area is 275 Å². The van der Waals surface area contributed by atoms with Crippen LogP contribution in [0.5, 0.6) is 0 Å². The van der Waals surface area contributed by atoms with Gasteiger partial charge in [-0.3, -0.25) is 0 Å². The molecule has 0 atom stereocenters. The lowest BCUT2D eigenvalue weighted by atomic mass is 9.92. The molecule has 1 aliphatic heterocycles. The monoisotopic (exact) mass is 604 g/mol. The lowest BCUT2D eigenvalue weighted by Gasteiger charge is -2.17. The maximum Gasteiger partial charge on any atom is 0.160 e. The summed E-state index contributed by atoms with van der Waals surface area (Å²) in [5, 5.41) is 13.0. The molecule has 0 bridgehead atoms. The van der Waals surface area contributed by atoms with Crippen molar-refractivity contribution in [3.05, 3.63) is 174 Å². The fourth-order valence-corrected chi connectivity index (χ4v) is 6.10. The molecule has 47 heavy (non-hydrogen) atoms. The second-order valence-electron chi connectivity index (χ2n) is 11.5. The Kier molecular flexibility index (Phi) is 8.11. The number of nitrogens with one attached hydrogen (secondary N) is 1. The van der Waals surface area contributed by atoms with Gasteiger partial charge in [-0.15, -0.1) is 0 Å². The molecule has 0 saturated carbocycles. The van der Waals surface area contributed by atoms with Crippen molar-refractivity contribution in [3.8, 4) is 51.1 Å². The van der Waals surface area contributed by atoms with Crippen LogP contribution in [0.1, 0.15) is 27.8 Å². The number of aromatic nitrogens is 2. The first-order valence-corrected chi connectivity index (χ1v) is 15.7. The molecule has 4 nitrogen and oxygen atoms in total. The number of anilines is 1. The first-order chi connectivity index (χ1) is 23.1. The van der Waals surface area contributed by atoms with Gasteiger partial charge in [-0.2, -0.15) is 5.26 Å². The third-order valence-corrected chi connectivity index (χ3v) is 8.59. The summed E-state index contributed by atoms with van der Waals surface area (Å²) in [6, 6.07) is 43.2. The van der Waals surface area contributed by atoms with Gasteiger partial charge in [0, 0.05) is 39.7 Å². The normalized spacial score (nSPS) is 14.6. The number of benzene rings is 5. The summed E-state index contributed by atoms with van der Waals surface area (Å²) in [5.74, 6) is 0.621. The van der Waals surface area contributed by atoms with E-state index in [2.05, 4.69) is 135 Å². The average Bonchev–Trinajstić information content (AvgIpc) is 3.16. The van der Waals surface area contributed by atoms with Crippen LogP contribution >= 0.6 is 0 Å². The quantitative estimate of drug-likeness (QED) is 0.217. The molecule has 0 saturated heterocycles. The molecule has 0 radical (unpaired) electrons. The van der Waals surface area contributed by atoms with Crippen LogP contribution in [0.15, 0.2) is 146 Å². The molecule has 2 heterocycles. The van der Waals surface area contributed by atoms with E-state index in [1.165, 1.54) is 11.1 Å². The highest BCUT2D eigenvalue weighted by Gasteiger charge is 2.19. The molecule has 0 spiro atoms. The highest BCUT2D eigenvalue weighted by molar-refractivity contribution is 5.88. The van der Waals surface area contributed by atoms with Crippen molar-refractivity contribution in [1.29, 1.82) is 5.26 Å². The summed E-state index contributed by atoms with van der Waals surface area (Å²) in [6.45, 7) is 4.26. The van der Waals surface area contributed by atoms with Gasteiger partial charge in [0.05, 0.1) is 23.0 Å². The maximum absolute atomic E-state index is 9.35. The summed E-state index contributed by atoms with van der Waals surface area (Å²) < 4.78 is 0. The zero-order chi connectivity index (χ0) is 32.2. The Morgan fingerprint density at radius 2 is 1.21 bits per heavy atom. The average molecular weight is 605 g/mol. The van der Waals surface area contributed by atoms with Gasteiger partial charge in [-0.05, 0) is 72.0 Å². The van der Waals surface area contributed by atoms with Gasteiger partial charge >= 0.3 is 0 Å². The number of fused-ring (bicyclic) bond motifs is 3. The second kappa shape index (κ2) is 13.0. The summed E-state index contributed by atoms with van der Waals surface area (Å²) in [7, 11) is 0. The molecule has 0 unspecified atom stereocenters. The molecule has 4 heteroatoms. The standard InChI is InChI=1S/C43H32N4/c1-29-36(35-17-7-6-13-32-14-8-9-18-38(32)39-19-10-11-22-40(39)45-28-35)20-12-21-37(29)42-30(2)41(33-15-4-3-5-16-33)46-43(47-42)34-25-23-31(27-44)24-26-34/h3-26,28,45H,1-2H3/b13-6+,17-7-,35-28-. The van der Waals surface area contributed by atoms with Crippen molar-refractivity contribution in [2.24, 2.45) is 0 Å². The van der Waals surface area contributed by atoms with Crippen LogP contribution in [0.25, 0.3) is 56.7 Å². The zero-order valence-corrected chi connectivity index (χ0v) is 26.3. The first kappa shape index (κ1) is 29.4. The van der Waals surface area contributed by atoms with E-state index in [-0.39, 0.29) is 0 Å². The Morgan fingerprint density at radius 3 is 2.02 bits per heavy atom. The third kappa shape index (κ3) is 5.91. The van der Waals surface area contributed by atoms with Gasteiger partial charge in [0.2, 0.25) is 0 Å². The predicted octanol–water partition coefficient (Wildman–Crippen LogP) is 10.7. The van der Waals surface area contributed by atoms with Crippen LogP contribution < -0.4 is 5.32 Å². The number of hydrogen-bond donors (Lipinski definition) is 1. The van der Waals surface area contributed by atoms with E-state index in [9.17, 15) is 5.26 Å². The maximum atomic E-state index is 9.35. The third-order valence-electron chi connectivity index (χ3n) is 8.59. The number of nitrogens with zero attached hydrogens (tertiary/aromatic N) is 3. The molecule has 1 aliphatic rings. The smallest absolute Gasteiger partial charge is 0.160 e. The SMILES string of the molecule is Cc1c(C2=C\Nc3ccccc3-c3ccccc3/C=C/C=C\2)cccc1-c1nc(-c2ccc(C#N)cc2)nc(-c2ccccc2)c1C. The number of rotatable bonds is 4. The Hall–Kier alpha value is -6.31. The van der Waals surface area contributed by atoms with Crippen molar-refractivity contribution < 1.29 is 0 Å². The molecular weight excluding hydrogens is 573 g/mol. The largest absolute Gasteiger partial charge is 0.361 e. The van der Waals surface area contributed by atoms with E-state index in [1.807, 2.05) is 42.5 Å². The van der Waals surface area contributed by atoms with Gasteiger partial charge in [0.15, 0.2) is 5.82 Å². The van der Waals surface area contributed by atoms with Gasteiger partial charge in [0.1, 0.15) is 0 Å². The molecule has 0 fully saturated rings. The van der Waals surface area contributed by atoms with E-state index in [0.29, 0.717) is 11.4 Å². The number of hydrogen-bond acceptors (Lipinski definition) is 4. The molecular formula is C43H32N4. The lowest BCUT2D eigenvalue weighted by Crippen LogP contribution is -2.02. The van der Waals surface area contributed by atoms with Crippen LogP contribution in [-0.2, 0) is 0 Å². The number of allylic oxidation sites excluding steroid dienone is 4. The van der Waals surface area contributed by atoms with Crippen LogP contribution in [0, 0.1) is 25.2 Å². The Bertz CT molecular complexity index is 2230. The fourth-order valence-electron chi connectivity index (χ4n) is 6.10. The molecule has 224 valence electrons. The summed E-state index contributed by atoms with van der Waals surface area (Å²) in [5.41, 5.74) is 14.1. The van der Waals surface area contributed by atoms with Crippen molar-refractivity contribution >= 4 is 17.3 Å².